The monoisotopic (exact) mass is 208 g/mol. The molecular weight excluding hydrogens is 192 g/mol. The maximum Gasteiger partial charge on any atom is 0.147 e. The van der Waals surface area contributed by atoms with Crippen molar-refractivity contribution in [1.29, 1.82) is 0 Å². The lowest BCUT2D eigenvalue weighted by atomic mass is 10.3. The predicted octanol–water partition coefficient (Wildman–Crippen LogP) is 0.504. The zero-order chi connectivity index (χ0) is 9.40. The number of rotatable bonds is 7. The molecule has 1 unspecified atom stereocenters. The van der Waals surface area contributed by atoms with Gasteiger partial charge in [0, 0.05) is 18.1 Å². The Morgan fingerprint density at radius 3 is 2.75 bits per heavy atom. The molecule has 0 aromatic rings. The molecule has 0 aromatic carbocycles. The largest absolute Gasteiger partial charge is 0.321 e. The van der Waals surface area contributed by atoms with Gasteiger partial charge < -0.3 is 11.1 Å². The summed E-state index contributed by atoms with van der Waals surface area (Å²) in [6, 6.07) is -0.294. The highest BCUT2D eigenvalue weighted by Crippen LogP contribution is 2.20. The summed E-state index contributed by atoms with van der Waals surface area (Å²) in [5.74, 6) is 1.83. The third-order valence-corrected chi connectivity index (χ3v) is 3.73. The first-order chi connectivity index (χ1) is 5.68. The van der Waals surface area contributed by atoms with Crippen LogP contribution in [0, 0.1) is 0 Å². The van der Waals surface area contributed by atoms with Crippen LogP contribution in [0.1, 0.15) is 6.92 Å². The maximum absolute atomic E-state index is 10.7. The van der Waals surface area contributed by atoms with Crippen molar-refractivity contribution in [3.63, 3.8) is 0 Å². The quantitative estimate of drug-likeness (QED) is 0.471. The van der Waals surface area contributed by atoms with Crippen LogP contribution in [0.25, 0.3) is 0 Å². The lowest BCUT2D eigenvalue weighted by Gasteiger charge is -2.05. The van der Waals surface area contributed by atoms with Gasteiger partial charge in [-0.25, -0.2) is 0 Å². The molecule has 72 valence electrons. The summed E-state index contributed by atoms with van der Waals surface area (Å²) in [4.78, 5) is 10.7. The fourth-order valence-corrected chi connectivity index (χ4v) is 2.66. The van der Waals surface area contributed by atoms with Gasteiger partial charge in [-0.1, -0.05) is 21.6 Å². The van der Waals surface area contributed by atoms with Gasteiger partial charge in [0.2, 0.25) is 0 Å². The minimum absolute atomic E-state index is 0.0664. The van der Waals surface area contributed by atoms with E-state index >= 15 is 0 Å². The average Bonchev–Trinajstić information content (AvgIpc) is 2.03. The smallest absolute Gasteiger partial charge is 0.147 e. The minimum atomic E-state index is -0.294. The molecule has 3 N–H and O–H groups in total. The topological polar surface area (TPSA) is 55.1 Å². The first-order valence-corrected chi connectivity index (χ1v) is 6.32. The Kier molecular flexibility index (Phi) is 8.11. The van der Waals surface area contributed by atoms with Crippen LogP contribution in [0.15, 0.2) is 0 Å². The van der Waals surface area contributed by atoms with Crippen LogP contribution in [-0.4, -0.2) is 36.9 Å². The molecule has 0 spiro atoms. The van der Waals surface area contributed by atoms with Crippen LogP contribution in [0.5, 0.6) is 0 Å². The Bertz CT molecular complexity index is 133. The van der Waals surface area contributed by atoms with E-state index in [1.807, 2.05) is 7.05 Å². The van der Waals surface area contributed by atoms with E-state index < -0.39 is 0 Å². The molecule has 0 saturated carbocycles. The summed E-state index contributed by atoms with van der Waals surface area (Å²) in [6.45, 7) is 2.52. The molecule has 0 aliphatic carbocycles. The van der Waals surface area contributed by atoms with Crippen molar-refractivity contribution in [1.82, 2.24) is 5.32 Å². The van der Waals surface area contributed by atoms with Crippen molar-refractivity contribution in [3.8, 4) is 0 Å². The molecule has 0 rings (SSSR count). The van der Waals surface area contributed by atoms with Crippen molar-refractivity contribution in [3.05, 3.63) is 0 Å². The SMILES string of the molecule is CNCCSSCC(N)C(C)=O. The van der Waals surface area contributed by atoms with Crippen LogP contribution in [0.2, 0.25) is 0 Å². The Morgan fingerprint density at radius 1 is 1.58 bits per heavy atom. The van der Waals surface area contributed by atoms with Crippen molar-refractivity contribution >= 4 is 27.4 Å². The molecule has 1 atom stereocenters. The van der Waals surface area contributed by atoms with E-state index in [-0.39, 0.29) is 11.8 Å². The summed E-state index contributed by atoms with van der Waals surface area (Å²) < 4.78 is 0. The predicted molar refractivity (Wildman–Crippen MR) is 57.5 cm³/mol. The van der Waals surface area contributed by atoms with Gasteiger partial charge in [0.1, 0.15) is 5.78 Å². The standard InChI is InChI=1S/C7H16N2OS2/c1-6(10)7(8)5-12-11-4-3-9-2/h7,9H,3-5,8H2,1-2H3. The highest BCUT2D eigenvalue weighted by Gasteiger charge is 2.06. The van der Waals surface area contributed by atoms with Gasteiger partial charge in [-0.3, -0.25) is 4.79 Å². The summed E-state index contributed by atoms with van der Waals surface area (Å²) in [5.41, 5.74) is 5.53. The third-order valence-electron chi connectivity index (χ3n) is 1.29. The lowest BCUT2D eigenvalue weighted by molar-refractivity contribution is -0.117. The van der Waals surface area contributed by atoms with Crippen LogP contribution in [0.4, 0.5) is 0 Å². The van der Waals surface area contributed by atoms with Gasteiger partial charge in [0.05, 0.1) is 6.04 Å². The molecule has 12 heavy (non-hydrogen) atoms. The second-order valence-electron chi connectivity index (χ2n) is 2.43. The molecule has 3 nitrogen and oxygen atoms in total. The average molecular weight is 208 g/mol. The molecule has 0 fully saturated rings. The van der Waals surface area contributed by atoms with Gasteiger partial charge in [0.15, 0.2) is 0 Å². The molecule has 0 heterocycles. The van der Waals surface area contributed by atoms with Crippen LogP contribution in [0.3, 0.4) is 0 Å². The van der Waals surface area contributed by atoms with Crippen molar-refractivity contribution in [2.75, 3.05) is 25.1 Å². The van der Waals surface area contributed by atoms with Gasteiger partial charge in [-0.2, -0.15) is 0 Å². The van der Waals surface area contributed by atoms with E-state index in [1.165, 1.54) is 6.92 Å². The van der Waals surface area contributed by atoms with E-state index in [1.54, 1.807) is 21.6 Å². The summed E-state index contributed by atoms with van der Waals surface area (Å²) >= 11 is 0. The number of Topliss-reactive ketones (excluding diaryl/α,β-unsaturated/α-hetero) is 1. The zero-order valence-corrected chi connectivity index (χ0v) is 9.13. The molecule has 0 aromatic heterocycles. The summed E-state index contributed by atoms with van der Waals surface area (Å²) in [6.07, 6.45) is 0. The molecule has 5 heteroatoms. The van der Waals surface area contributed by atoms with Gasteiger partial charge in [-0.15, -0.1) is 0 Å². The Balaban J connectivity index is 3.14. The molecule has 0 aliphatic rings. The van der Waals surface area contributed by atoms with E-state index in [0.717, 1.165) is 12.3 Å². The highest BCUT2D eigenvalue weighted by molar-refractivity contribution is 8.76. The van der Waals surface area contributed by atoms with E-state index in [0.29, 0.717) is 5.75 Å². The van der Waals surface area contributed by atoms with E-state index in [9.17, 15) is 4.79 Å². The lowest BCUT2D eigenvalue weighted by Crippen LogP contribution is -2.30. The number of nitrogens with one attached hydrogen (secondary N) is 1. The molecule has 0 radical (unpaired) electrons. The van der Waals surface area contributed by atoms with Crippen LogP contribution >= 0.6 is 21.6 Å². The Morgan fingerprint density at radius 2 is 2.25 bits per heavy atom. The molecule has 0 saturated heterocycles. The van der Waals surface area contributed by atoms with E-state index in [4.69, 9.17) is 5.73 Å². The van der Waals surface area contributed by atoms with Crippen molar-refractivity contribution < 1.29 is 4.79 Å². The molecule has 0 bridgehead atoms. The molecule has 0 amide bonds. The van der Waals surface area contributed by atoms with Crippen molar-refractivity contribution in [2.24, 2.45) is 5.73 Å². The fourth-order valence-electron chi connectivity index (χ4n) is 0.441. The van der Waals surface area contributed by atoms with Crippen LogP contribution in [-0.2, 0) is 4.79 Å². The number of ketones is 1. The number of nitrogens with two attached hydrogens (primary N) is 1. The number of carbonyl (C=O) groups excluding carboxylic acids is 1. The normalized spacial score (nSPS) is 12.9. The third kappa shape index (κ3) is 6.97. The van der Waals surface area contributed by atoms with Crippen LogP contribution < -0.4 is 11.1 Å². The molecular formula is C7H16N2OS2. The number of hydrogen-bond acceptors (Lipinski definition) is 5. The second kappa shape index (κ2) is 7.91. The summed E-state index contributed by atoms with van der Waals surface area (Å²) in [5, 5.41) is 3.05. The van der Waals surface area contributed by atoms with Crippen molar-refractivity contribution in [2.45, 2.75) is 13.0 Å². The minimum Gasteiger partial charge on any atom is -0.321 e. The maximum atomic E-state index is 10.7. The van der Waals surface area contributed by atoms with Gasteiger partial charge >= 0.3 is 0 Å². The first-order valence-electron chi connectivity index (χ1n) is 3.83. The molecule has 0 aliphatic heterocycles. The van der Waals surface area contributed by atoms with Gasteiger partial charge in [-0.05, 0) is 14.0 Å². The van der Waals surface area contributed by atoms with E-state index in [2.05, 4.69) is 5.32 Å². The zero-order valence-electron chi connectivity index (χ0n) is 7.50. The second-order valence-corrected chi connectivity index (χ2v) is 5.05. The van der Waals surface area contributed by atoms with Gasteiger partial charge in [0.25, 0.3) is 0 Å². The fraction of sp³-hybridized carbons (Fsp3) is 0.857. The Hall–Kier alpha value is 0.290. The number of hydrogen-bond donors (Lipinski definition) is 2. The first kappa shape index (κ1) is 12.3. The Labute approximate surface area is 81.6 Å². The number of carbonyl (C=O) groups is 1. The summed E-state index contributed by atoms with van der Waals surface area (Å²) in [7, 11) is 5.33. The highest BCUT2D eigenvalue weighted by atomic mass is 33.1.